The van der Waals surface area contributed by atoms with Gasteiger partial charge in [0.15, 0.2) is 6.61 Å². The molecule has 3 aromatic carbocycles. The third-order valence-corrected chi connectivity index (χ3v) is 4.85. The standard InChI is InChI=1S/C25H23ClN4O6/c1-34-19-10-6-18(7-11-19)28-23(31)15-36-20-8-3-16(4-9-20)14-27-30-25(33)24(32)29-21-13-17(26)5-12-22(21)35-2/h3-14H,15H2,1-2H3,(H,28,31)(H,29,32)(H,30,33)/b27-14-. The molecule has 0 fully saturated rings. The van der Waals surface area contributed by atoms with E-state index in [1.54, 1.807) is 67.8 Å². The largest absolute Gasteiger partial charge is 0.497 e. The fourth-order valence-electron chi connectivity index (χ4n) is 2.84. The predicted molar refractivity (Wildman–Crippen MR) is 136 cm³/mol. The highest BCUT2D eigenvalue weighted by atomic mass is 35.5. The number of ether oxygens (including phenoxy) is 3. The number of hydrogen-bond acceptors (Lipinski definition) is 7. The zero-order valence-corrected chi connectivity index (χ0v) is 20.2. The Morgan fingerprint density at radius 3 is 2.22 bits per heavy atom. The lowest BCUT2D eigenvalue weighted by Gasteiger charge is -2.09. The van der Waals surface area contributed by atoms with E-state index in [0.717, 1.165) is 0 Å². The van der Waals surface area contributed by atoms with Crippen molar-refractivity contribution >= 4 is 46.9 Å². The lowest BCUT2D eigenvalue weighted by atomic mass is 10.2. The smallest absolute Gasteiger partial charge is 0.329 e. The molecule has 0 spiro atoms. The van der Waals surface area contributed by atoms with Crippen LogP contribution in [0.25, 0.3) is 0 Å². The van der Waals surface area contributed by atoms with E-state index in [-0.39, 0.29) is 18.2 Å². The highest BCUT2D eigenvalue weighted by Gasteiger charge is 2.15. The minimum atomic E-state index is -0.976. The number of amides is 3. The summed E-state index contributed by atoms with van der Waals surface area (Å²) in [6, 6.07) is 18.2. The van der Waals surface area contributed by atoms with Crippen molar-refractivity contribution in [1.29, 1.82) is 0 Å². The molecule has 0 aliphatic rings. The molecule has 0 aliphatic carbocycles. The summed E-state index contributed by atoms with van der Waals surface area (Å²) in [5.74, 6) is -0.725. The summed E-state index contributed by atoms with van der Waals surface area (Å²) in [6.45, 7) is -0.179. The quantitative estimate of drug-likeness (QED) is 0.230. The molecule has 11 heteroatoms. The van der Waals surface area contributed by atoms with Gasteiger partial charge in [-0.25, -0.2) is 5.43 Å². The van der Waals surface area contributed by atoms with E-state index in [4.69, 9.17) is 25.8 Å². The van der Waals surface area contributed by atoms with Crippen LogP contribution in [-0.2, 0) is 14.4 Å². The van der Waals surface area contributed by atoms with Crippen LogP contribution in [0.15, 0.2) is 71.8 Å². The van der Waals surface area contributed by atoms with Gasteiger partial charge in [-0.3, -0.25) is 14.4 Å². The Morgan fingerprint density at radius 1 is 0.861 bits per heavy atom. The fourth-order valence-corrected chi connectivity index (χ4v) is 3.02. The summed E-state index contributed by atoms with van der Waals surface area (Å²) >= 11 is 5.91. The minimum Gasteiger partial charge on any atom is -0.497 e. The second kappa shape index (κ2) is 12.8. The van der Waals surface area contributed by atoms with Gasteiger partial charge in [0.25, 0.3) is 5.91 Å². The summed E-state index contributed by atoms with van der Waals surface area (Å²) in [7, 11) is 2.99. The average Bonchev–Trinajstić information content (AvgIpc) is 2.88. The lowest BCUT2D eigenvalue weighted by molar-refractivity contribution is -0.136. The van der Waals surface area contributed by atoms with Crippen molar-refractivity contribution < 1.29 is 28.6 Å². The van der Waals surface area contributed by atoms with Crippen LogP contribution in [-0.4, -0.2) is 44.8 Å². The number of halogens is 1. The van der Waals surface area contributed by atoms with Crippen LogP contribution in [0.4, 0.5) is 11.4 Å². The van der Waals surface area contributed by atoms with Gasteiger partial charge in [-0.05, 0) is 72.3 Å². The first kappa shape index (κ1) is 26.0. The third kappa shape index (κ3) is 7.74. The Balaban J connectivity index is 1.44. The molecular weight excluding hydrogens is 488 g/mol. The van der Waals surface area contributed by atoms with Crippen LogP contribution in [0, 0.1) is 0 Å². The van der Waals surface area contributed by atoms with E-state index >= 15 is 0 Å². The number of anilines is 2. The molecule has 36 heavy (non-hydrogen) atoms. The van der Waals surface area contributed by atoms with E-state index in [1.807, 2.05) is 0 Å². The van der Waals surface area contributed by atoms with Gasteiger partial charge in [0.2, 0.25) is 0 Å². The van der Waals surface area contributed by atoms with E-state index in [2.05, 4.69) is 21.2 Å². The number of methoxy groups -OCH3 is 2. The molecule has 10 nitrogen and oxygen atoms in total. The maximum absolute atomic E-state index is 12.1. The van der Waals surface area contributed by atoms with Crippen LogP contribution in [0.1, 0.15) is 5.56 Å². The molecule has 3 N–H and O–H groups in total. The van der Waals surface area contributed by atoms with Crippen molar-refractivity contribution in [3.05, 3.63) is 77.3 Å². The molecule has 0 saturated carbocycles. The number of carbonyl (C=O) groups is 3. The van der Waals surface area contributed by atoms with Crippen LogP contribution in [0.2, 0.25) is 5.02 Å². The zero-order chi connectivity index (χ0) is 25.9. The Morgan fingerprint density at radius 2 is 1.56 bits per heavy atom. The molecule has 0 aromatic heterocycles. The maximum atomic E-state index is 12.1. The molecule has 3 amide bonds. The molecule has 0 bridgehead atoms. The van der Waals surface area contributed by atoms with Crippen molar-refractivity contribution in [2.24, 2.45) is 5.10 Å². The van der Waals surface area contributed by atoms with Gasteiger partial charge in [-0.1, -0.05) is 11.6 Å². The summed E-state index contributed by atoms with van der Waals surface area (Å²) in [5.41, 5.74) is 3.64. The Bertz CT molecular complexity index is 1250. The number of benzene rings is 3. The zero-order valence-electron chi connectivity index (χ0n) is 19.4. The number of nitrogens with one attached hydrogen (secondary N) is 3. The monoisotopic (exact) mass is 510 g/mol. The summed E-state index contributed by atoms with van der Waals surface area (Å²) < 4.78 is 15.7. The first-order chi connectivity index (χ1) is 17.4. The average molecular weight is 511 g/mol. The van der Waals surface area contributed by atoms with E-state index < -0.39 is 11.8 Å². The first-order valence-electron chi connectivity index (χ1n) is 10.5. The first-order valence-corrected chi connectivity index (χ1v) is 10.9. The van der Waals surface area contributed by atoms with Crippen LogP contribution in [0.3, 0.4) is 0 Å². The number of nitrogens with zero attached hydrogens (tertiary/aromatic N) is 1. The van der Waals surface area contributed by atoms with Crippen molar-refractivity contribution in [3.8, 4) is 17.2 Å². The lowest BCUT2D eigenvalue weighted by Crippen LogP contribution is -2.32. The predicted octanol–water partition coefficient (Wildman–Crippen LogP) is 3.46. The van der Waals surface area contributed by atoms with Crippen molar-refractivity contribution in [1.82, 2.24) is 5.43 Å². The maximum Gasteiger partial charge on any atom is 0.329 e. The van der Waals surface area contributed by atoms with Gasteiger partial charge in [0, 0.05) is 10.7 Å². The molecular formula is C25H23ClN4O6. The number of carbonyl (C=O) groups excluding carboxylic acids is 3. The SMILES string of the molecule is COc1ccc(NC(=O)COc2ccc(/C=N\NC(=O)C(=O)Nc3cc(Cl)ccc3OC)cc2)cc1. The minimum absolute atomic E-state index is 0.179. The van der Waals surface area contributed by atoms with E-state index in [1.165, 1.54) is 19.4 Å². The number of hydrogen-bond donors (Lipinski definition) is 3. The molecule has 186 valence electrons. The third-order valence-electron chi connectivity index (χ3n) is 4.62. The second-order valence-electron chi connectivity index (χ2n) is 7.13. The molecule has 0 radical (unpaired) electrons. The number of rotatable bonds is 9. The van der Waals surface area contributed by atoms with Crippen molar-refractivity contribution in [2.45, 2.75) is 0 Å². The van der Waals surface area contributed by atoms with Crippen molar-refractivity contribution in [2.75, 3.05) is 31.5 Å². The Kier molecular flexibility index (Phi) is 9.24. The normalized spacial score (nSPS) is 10.4. The molecule has 0 unspecified atom stereocenters. The molecule has 0 atom stereocenters. The highest BCUT2D eigenvalue weighted by molar-refractivity contribution is 6.40. The second-order valence-corrected chi connectivity index (χ2v) is 7.57. The van der Waals surface area contributed by atoms with Crippen LogP contribution < -0.4 is 30.3 Å². The molecule has 0 heterocycles. The van der Waals surface area contributed by atoms with Gasteiger partial charge in [0.05, 0.1) is 26.1 Å². The Hall–Kier alpha value is -4.57. The summed E-state index contributed by atoms with van der Waals surface area (Å²) in [5, 5.41) is 9.27. The summed E-state index contributed by atoms with van der Waals surface area (Å²) in [4.78, 5) is 36.2. The van der Waals surface area contributed by atoms with Gasteiger partial charge >= 0.3 is 11.8 Å². The number of hydrazone groups is 1. The fraction of sp³-hybridized carbons (Fsp3) is 0.120. The van der Waals surface area contributed by atoms with Gasteiger partial charge < -0.3 is 24.8 Å². The van der Waals surface area contributed by atoms with E-state index in [0.29, 0.717) is 33.5 Å². The molecule has 3 rings (SSSR count). The van der Waals surface area contributed by atoms with Gasteiger partial charge in [-0.15, -0.1) is 0 Å². The Labute approximate surface area is 212 Å². The topological polar surface area (TPSA) is 127 Å². The van der Waals surface area contributed by atoms with Crippen molar-refractivity contribution in [3.63, 3.8) is 0 Å². The highest BCUT2D eigenvalue weighted by Crippen LogP contribution is 2.27. The van der Waals surface area contributed by atoms with Crippen LogP contribution in [0.5, 0.6) is 17.2 Å². The van der Waals surface area contributed by atoms with Gasteiger partial charge in [0.1, 0.15) is 17.2 Å². The molecule has 3 aromatic rings. The van der Waals surface area contributed by atoms with Gasteiger partial charge in [-0.2, -0.15) is 5.10 Å². The van der Waals surface area contributed by atoms with Crippen LogP contribution >= 0.6 is 11.6 Å². The van der Waals surface area contributed by atoms with E-state index in [9.17, 15) is 14.4 Å². The molecule has 0 saturated heterocycles. The molecule has 0 aliphatic heterocycles. The summed E-state index contributed by atoms with van der Waals surface area (Å²) in [6.07, 6.45) is 1.35.